The SMILES string of the molecule is [2H]CC1CC(C2C=CC(CCC)=CC2=O)C([2H])C1[2H]. The molecule has 2 rings (SSSR count). The summed E-state index contributed by atoms with van der Waals surface area (Å²) in [5.74, 6) is -0.283. The maximum atomic E-state index is 12.2. The summed E-state index contributed by atoms with van der Waals surface area (Å²) in [6.45, 7) is 2.28. The highest BCUT2D eigenvalue weighted by molar-refractivity contribution is 5.95. The van der Waals surface area contributed by atoms with Gasteiger partial charge < -0.3 is 0 Å². The molecule has 1 fully saturated rings. The molecular weight excluding hydrogens is 196 g/mol. The van der Waals surface area contributed by atoms with E-state index in [2.05, 4.69) is 6.92 Å². The Kier molecular flexibility index (Phi) is 2.58. The average molecular weight is 221 g/mol. The van der Waals surface area contributed by atoms with E-state index in [0.717, 1.165) is 18.4 Å². The average Bonchev–Trinajstić information content (AvgIpc) is 2.67. The van der Waals surface area contributed by atoms with Crippen LogP contribution in [0.15, 0.2) is 23.8 Å². The lowest BCUT2D eigenvalue weighted by atomic mass is 9.82. The van der Waals surface area contributed by atoms with Crippen LogP contribution in [0.5, 0.6) is 0 Å². The number of carbonyl (C=O) groups is 1. The molecule has 0 saturated heterocycles. The molecule has 0 aromatic rings. The minimum absolute atomic E-state index is 0.0466. The van der Waals surface area contributed by atoms with Gasteiger partial charge in [-0.1, -0.05) is 38.8 Å². The van der Waals surface area contributed by atoms with Crippen LogP contribution in [-0.2, 0) is 4.79 Å². The molecule has 0 amide bonds. The Morgan fingerprint density at radius 1 is 1.56 bits per heavy atom. The first-order valence-corrected chi connectivity index (χ1v) is 6.14. The van der Waals surface area contributed by atoms with Gasteiger partial charge in [-0.2, -0.15) is 0 Å². The summed E-state index contributed by atoms with van der Waals surface area (Å²) in [5, 5.41) is 0. The van der Waals surface area contributed by atoms with Crippen LogP contribution in [0.1, 0.15) is 50.0 Å². The highest BCUT2D eigenvalue weighted by atomic mass is 16.1. The van der Waals surface area contributed by atoms with Crippen LogP contribution < -0.4 is 0 Å². The van der Waals surface area contributed by atoms with Gasteiger partial charge in [-0.15, -0.1) is 0 Å². The third-order valence-electron chi connectivity index (χ3n) is 3.38. The van der Waals surface area contributed by atoms with Crippen molar-refractivity contribution in [3.63, 3.8) is 0 Å². The maximum absolute atomic E-state index is 12.2. The van der Waals surface area contributed by atoms with Gasteiger partial charge in [-0.05, 0) is 42.7 Å². The molecule has 0 aromatic carbocycles. The fourth-order valence-electron chi connectivity index (χ4n) is 2.52. The smallest absolute Gasteiger partial charge is 0.163 e. The molecule has 2 aliphatic carbocycles. The molecular formula is C15H22O. The summed E-state index contributed by atoms with van der Waals surface area (Å²) < 4.78 is 23.5. The fraction of sp³-hybridized carbons (Fsp3) is 0.667. The zero-order chi connectivity index (χ0) is 14.0. The second kappa shape index (κ2) is 4.99. The molecule has 0 radical (unpaired) electrons. The monoisotopic (exact) mass is 221 g/mol. The van der Waals surface area contributed by atoms with Gasteiger partial charge in [0.1, 0.15) is 0 Å². The molecule has 1 nitrogen and oxygen atoms in total. The first kappa shape index (κ1) is 8.27. The van der Waals surface area contributed by atoms with Gasteiger partial charge in [0.2, 0.25) is 0 Å². The van der Waals surface area contributed by atoms with Gasteiger partial charge in [0, 0.05) is 10.0 Å². The van der Waals surface area contributed by atoms with Crippen LogP contribution in [0.3, 0.4) is 0 Å². The Morgan fingerprint density at radius 3 is 3.06 bits per heavy atom. The zero-order valence-corrected chi connectivity index (χ0v) is 9.86. The van der Waals surface area contributed by atoms with Crippen LogP contribution in [0.25, 0.3) is 0 Å². The van der Waals surface area contributed by atoms with Crippen LogP contribution in [0.4, 0.5) is 0 Å². The summed E-state index contributed by atoms with van der Waals surface area (Å²) in [4.78, 5) is 12.2. The lowest BCUT2D eigenvalue weighted by molar-refractivity contribution is -0.118. The van der Waals surface area contributed by atoms with Crippen LogP contribution >= 0.6 is 0 Å². The topological polar surface area (TPSA) is 17.1 Å². The molecule has 0 aromatic heterocycles. The molecule has 0 N–H and O–H groups in total. The van der Waals surface area contributed by atoms with E-state index >= 15 is 0 Å². The van der Waals surface area contributed by atoms with Crippen molar-refractivity contribution in [2.75, 3.05) is 0 Å². The number of hydrogen-bond donors (Lipinski definition) is 0. The molecule has 0 heterocycles. The number of allylic oxidation sites excluding steroid dienone is 4. The lowest BCUT2D eigenvalue weighted by Crippen LogP contribution is -2.21. The Morgan fingerprint density at radius 2 is 2.44 bits per heavy atom. The van der Waals surface area contributed by atoms with Crippen molar-refractivity contribution < 1.29 is 8.91 Å². The van der Waals surface area contributed by atoms with E-state index in [-0.39, 0.29) is 30.4 Å². The van der Waals surface area contributed by atoms with Gasteiger partial charge in [0.05, 0.1) is 0 Å². The van der Waals surface area contributed by atoms with Crippen molar-refractivity contribution in [3.05, 3.63) is 23.8 Å². The third-order valence-corrected chi connectivity index (χ3v) is 3.38. The van der Waals surface area contributed by atoms with Crippen molar-refractivity contribution in [3.8, 4) is 0 Å². The van der Waals surface area contributed by atoms with Crippen LogP contribution in [-0.4, -0.2) is 5.78 Å². The Bertz CT molecular complexity index is 402. The first-order chi connectivity index (χ1) is 9.08. The van der Waals surface area contributed by atoms with E-state index in [1.165, 1.54) is 0 Å². The Balaban J connectivity index is 2.09. The third kappa shape index (κ3) is 2.45. The highest BCUT2D eigenvalue weighted by Gasteiger charge is 2.31. The van der Waals surface area contributed by atoms with Crippen molar-refractivity contribution in [2.24, 2.45) is 17.8 Å². The number of hydrogen-bond acceptors (Lipinski definition) is 1. The van der Waals surface area contributed by atoms with Gasteiger partial charge in [0.25, 0.3) is 0 Å². The highest BCUT2D eigenvalue weighted by Crippen LogP contribution is 2.38. The summed E-state index contributed by atoms with van der Waals surface area (Å²) in [5.41, 5.74) is 1.07. The molecule has 2 aliphatic rings. The predicted octanol–water partition coefficient (Wildman–Crippen LogP) is 3.90. The summed E-state index contributed by atoms with van der Waals surface area (Å²) in [7, 11) is 0. The van der Waals surface area contributed by atoms with Crippen molar-refractivity contribution >= 4 is 5.78 Å². The standard InChI is InChI=1S/C15H22O/c1-3-4-12-6-8-14(15(16)10-12)13-7-5-11(2)9-13/h6,8,10-11,13-14H,3-5,7,9H2,1-2H3/i2D,5D,7D. The van der Waals surface area contributed by atoms with E-state index in [4.69, 9.17) is 4.11 Å². The molecule has 1 saturated carbocycles. The van der Waals surface area contributed by atoms with E-state index in [1.54, 1.807) is 6.08 Å². The lowest BCUT2D eigenvalue weighted by Gasteiger charge is -2.21. The van der Waals surface area contributed by atoms with Gasteiger partial charge in [-0.3, -0.25) is 4.79 Å². The van der Waals surface area contributed by atoms with E-state index in [1.807, 2.05) is 12.2 Å². The minimum Gasteiger partial charge on any atom is -0.294 e. The number of rotatable bonds is 3. The second-order valence-corrected chi connectivity index (χ2v) is 4.80. The molecule has 88 valence electrons. The largest absolute Gasteiger partial charge is 0.294 e. The minimum atomic E-state index is -0.532. The molecule has 5 unspecified atom stereocenters. The van der Waals surface area contributed by atoms with Crippen LogP contribution in [0.2, 0.25) is 0 Å². The Hall–Kier alpha value is -0.850. The van der Waals surface area contributed by atoms with E-state index in [0.29, 0.717) is 6.42 Å². The fourth-order valence-corrected chi connectivity index (χ4v) is 2.52. The predicted molar refractivity (Wildman–Crippen MR) is 67.1 cm³/mol. The first-order valence-electron chi connectivity index (χ1n) is 8.01. The number of carbonyl (C=O) groups excluding carboxylic acids is 1. The van der Waals surface area contributed by atoms with Crippen molar-refractivity contribution in [2.45, 2.75) is 45.9 Å². The summed E-state index contributed by atoms with van der Waals surface area (Å²) in [6.07, 6.45) is 7.22. The Labute approximate surface area is 103 Å². The second-order valence-electron chi connectivity index (χ2n) is 4.80. The van der Waals surface area contributed by atoms with E-state index < -0.39 is 12.8 Å². The molecule has 0 bridgehead atoms. The quantitative estimate of drug-likeness (QED) is 0.706. The maximum Gasteiger partial charge on any atom is 0.163 e. The molecule has 0 spiro atoms. The molecule has 0 aliphatic heterocycles. The van der Waals surface area contributed by atoms with Crippen molar-refractivity contribution in [1.82, 2.24) is 0 Å². The molecule has 1 heteroatoms. The molecule has 5 atom stereocenters. The van der Waals surface area contributed by atoms with Crippen LogP contribution in [0, 0.1) is 17.8 Å². The van der Waals surface area contributed by atoms with Gasteiger partial charge >= 0.3 is 0 Å². The summed E-state index contributed by atoms with van der Waals surface area (Å²) >= 11 is 0. The van der Waals surface area contributed by atoms with Crippen molar-refractivity contribution in [1.29, 1.82) is 0 Å². The summed E-state index contributed by atoms with van der Waals surface area (Å²) in [6, 6.07) is 0. The number of ketones is 1. The molecule has 16 heavy (non-hydrogen) atoms. The van der Waals surface area contributed by atoms with Gasteiger partial charge in [0.15, 0.2) is 5.78 Å². The zero-order valence-electron chi connectivity index (χ0n) is 12.9. The van der Waals surface area contributed by atoms with E-state index in [9.17, 15) is 4.79 Å². The normalized spacial score (nSPS) is 46.1. The van der Waals surface area contributed by atoms with Gasteiger partial charge in [-0.25, -0.2) is 0 Å².